The summed E-state index contributed by atoms with van der Waals surface area (Å²) in [5, 5.41) is 3.66. The van der Waals surface area contributed by atoms with Crippen LogP contribution in [-0.2, 0) is 17.2 Å². The van der Waals surface area contributed by atoms with E-state index in [2.05, 4.69) is 14.7 Å². The molecule has 5 nitrogen and oxygen atoms in total. The van der Waals surface area contributed by atoms with Gasteiger partial charge in [-0.2, -0.15) is 13.2 Å². The normalized spacial score (nSPS) is 12.7. The molecule has 2 aromatic carbocycles. The molecule has 4 rings (SSSR count). The third kappa shape index (κ3) is 4.51. The Morgan fingerprint density at radius 1 is 1.16 bits per heavy atom. The van der Waals surface area contributed by atoms with Crippen molar-refractivity contribution in [1.29, 1.82) is 0 Å². The fraction of sp³-hybridized carbons (Fsp3) is 0.100. The summed E-state index contributed by atoms with van der Waals surface area (Å²) < 4.78 is 59.9. The van der Waals surface area contributed by atoms with E-state index in [0.717, 1.165) is 12.1 Å². The zero-order chi connectivity index (χ0) is 22.2. The number of thiazole rings is 1. The van der Waals surface area contributed by atoms with Crippen LogP contribution in [-0.4, -0.2) is 21.3 Å². The van der Waals surface area contributed by atoms with Crippen LogP contribution < -0.4 is 9.46 Å². The minimum atomic E-state index is -4.50. The number of nitrogens with one attached hydrogen (secondary N) is 1. The highest BCUT2D eigenvalue weighted by Gasteiger charge is 2.31. The Kier molecular flexibility index (Phi) is 5.87. The van der Waals surface area contributed by atoms with Crippen molar-refractivity contribution in [1.82, 2.24) is 9.97 Å². The van der Waals surface area contributed by atoms with Crippen molar-refractivity contribution in [2.45, 2.75) is 11.1 Å². The summed E-state index contributed by atoms with van der Waals surface area (Å²) in [5.74, 6) is 0.0176. The van der Waals surface area contributed by atoms with Crippen LogP contribution in [0.15, 0.2) is 58.9 Å². The standard InChI is InChI=1S/C20H13ClF3N3O2S2/c1-29-16-10-12(20(22,23)24)2-4-15(16)18-14-5-3-13(8-11(14)9-17(21)26-18)31(28)27-19-25-6-7-30-19/h2-10H,1H3,(H,25,27). The van der Waals surface area contributed by atoms with Gasteiger partial charge in [-0.25, -0.2) is 14.2 Å². The monoisotopic (exact) mass is 483 g/mol. The van der Waals surface area contributed by atoms with Crippen molar-refractivity contribution in [3.05, 3.63) is 64.8 Å². The Morgan fingerprint density at radius 3 is 2.65 bits per heavy atom. The number of rotatable bonds is 5. The third-order valence-electron chi connectivity index (χ3n) is 4.38. The number of nitrogens with zero attached hydrogens (tertiary/aromatic N) is 2. The minimum Gasteiger partial charge on any atom is -0.496 e. The maximum atomic E-state index is 13.1. The first-order valence-corrected chi connectivity index (χ1v) is 11.1. The highest BCUT2D eigenvalue weighted by molar-refractivity contribution is 7.86. The number of anilines is 1. The zero-order valence-corrected chi connectivity index (χ0v) is 18.1. The van der Waals surface area contributed by atoms with Gasteiger partial charge in [-0.15, -0.1) is 11.3 Å². The Labute approximate surface area is 186 Å². The van der Waals surface area contributed by atoms with Gasteiger partial charge in [0.2, 0.25) is 0 Å². The lowest BCUT2D eigenvalue weighted by Gasteiger charge is -2.14. The van der Waals surface area contributed by atoms with Crippen molar-refractivity contribution in [3.8, 4) is 17.0 Å². The number of pyridine rings is 1. The molecule has 0 amide bonds. The molecule has 0 aliphatic rings. The van der Waals surface area contributed by atoms with E-state index >= 15 is 0 Å². The number of hydrogen-bond acceptors (Lipinski definition) is 5. The molecule has 0 aliphatic carbocycles. The molecule has 0 radical (unpaired) electrons. The van der Waals surface area contributed by atoms with Crippen LogP contribution in [0.1, 0.15) is 5.56 Å². The van der Waals surface area contributed by atoms with E-state index in [-0.39, 0.29) is 10.9 Å². The lowest BCUT2D eigenvalue weighted by molar-refractivity contribution is -0.137. The molecule has 1 unspecified atom stereocenters. The van der Waals surface area contributed by atoms with Crippen LogP contribution >= 0.6 is 22.9 Å². The lowest BCUT2D eigenvalue weighted by Crippen LogP contribution is -2.06. The first kappa shape index (κ1) is 21.5. The van der Waals surface area contributed by atoms with E-state index in [0.29, 0.717) is 32.1 Å². The van der Waals surface area contributed by atoms with Gasteiger partial charge in [-0.05, 0) is 41.8 Å². The fourth-order valence-electron chi connectivity index (χ4n) is 3.00. The summed E-state index contributed by atoms with van der Waals surface area (Å²) in [7, 11) is -0.272. The maximum absolute atomic E-state index is 13.1. The maximum Gasteiger partial charge on any atom is 0.416 e. The van der Waals surface area contributed by atoms with Gasteiger partial charge < -0.3 is 4.74 Å². The molecule has 11 heteroatoms. The van der Waals surface area contributed by atoms with Crippen molar-refractivity contribution in [2.75, 3.05) is 11.8 Å². The van der Waals surface area contributed by atoms with E-state index < -0.39 is 22.7 Å². The smallest absolute Gasteiger partial charge is 0.416 e. The molecule has 0 bridgehead atoms. The number of alkyl halides is 3. The zero-order valence-electron chi connectivity index (χ0n) is 15.7. The summed E-state index contributed by atoms with van der Waals surface area (Å²) in [6.07, 6.45) is -2.90. The molecule has 160 valence electrons. The fourth-order valence-corrected chi connectivity index (χ4v) is 4.75. The Hall–Kier alpha value is -2.69. The second-order valence-corrected chi connectivity index (χ2v) is 8.79. The van der Waals surface area contributed by atoms with Crippen LogP contribution in [0.25, 0.3) is 22.0 Å². The van der Waals surface area contributed by atoms with Gasteiger partial charge in [0.05, 0.1) is 23.3 Å². The van der Waals surface area contributed by atoms with E-state index in [1.165, 1.54) is 24.5 Å². The molecule has 0 saturated heterocycles. The van der Waals surface area contributed by atoms with E-state index in [1.807, 2.05) is 0 Å². The molecule has 1 N–H and O–H groups in total. The summed E-state index contributed by atoms with van der Waals surface area (Å²) in [6.45, 7) is 0. The van der Waals surface area contributed by atoms with Crippen molar-refractivity contribution >= 4 is 49.8 Å². The number of aromatic nitrogens is 2. The number of fused-ring (bicyclic) bond motifs is 1. The highest BCUT2D eigenvalue weighted by Crippen LogP contribution is 2.39. The van der Waals surface area contributed by atoms with Crippen molar-refractivity contribution in [2.24, 2.45) is 0 Å². The SMILES string of the molecule is COc1cc(C(F)(F)F)ccc1-c1nc(Cl)cc2cc(S(=O)Nc3nccs3)ccc12. The van der Waals surface area contributed by atoms with Crippen LogP contribution in [0.3, 0.4) is 0 Å². The van der Waals surface area contributed by atoms with Crippen LogP contribution in [0.4, 0.5) is 18.3 Å². The third-order valence-corrected chi connectivity index (χ3v) is 6.45. The van der Waals surface area contributed by atoms with Gasteiger partial charge >= 0.3 is 6.18 Å². The predicted molar refractivity (Wildman–Crippen MR) is 116 cm³/mol. The van der Waals surface area contributed by atoms with E-state index in [1.54, 1.807) is 35.8 Å². The Balaban J connectivity index is 1.80. The topological polar surface area (TPSA) is 64.1 Å². The number of hydrogen-bond donors (Lipinski definition) is 1. The number of halogens is 4. The highest BCUT2D eigenvalue weighted by atomic mass is 35.5. The number of ether oxygens (including phenoxy) is 1. The lowest BCUT2D eigenvalue weighted by atomic mass is 10.0. The predicted octanol–water partition coefficient (Wildman–Crippen LogP) is 6.17. The molecule has 2 heterocycles. The van der Waals surface area contributed by atoms with Crippen molar-refractivity contribution < 1.29 is 22.1 Å². The van der Waals surface area contributed by atoms with Gasteiger partial charge in [-0.3, -0.25) is 4.72 Å². The Bertz CT molecular complexity index is 1280. The molecule has 2 aromatic heterocycles. The van der Waals surface area contributed by atoms with Gasteiger partial charge in [0.15, 0.2) is 16.1 Å². The largest absolute Gasteiger partial charge is 0.496 e. The molecule has 0 aliphatic heterocycles. The van der Waals surface area contributed by atoms with E-state index in [9.17, 15) is 17.4 Å². The molecular weight excluding hydrogens is 471 g/mol. The number of methoxy groups -OCH3 is 1. The van der Waals surface area contributed by atoms with Gasteiger partial charge in [-0.1, -0.05) is 17.7 Å². The van der Waals surface area contributed by atoms with Gasteiger partial charge in [0.1, 0.15) is 10.9 Å². The van der Waals surface area contributed by atoms with Crippen LogP contribution in [0, 0.1) is 0 Å². The molecule has 0 saturated carbocycles. The quantitative estimate of drug-likeness (QED) is 0.344. The Morgan fingerprint density at radius 2 is 1.97 bits per heavy atom. The summed E-state index contributed by atoms with van der Waals surface area (Å²) in [6, 6.07) is 9.81. The van der Waals surface area contributed by atoms with E-state index in [4.69, 9.17) is 16.3 Å². The second kappa shape index (κ2) is 8.45. The molecule has 0 fully saturated rings. The van der Waals surface area contributed by atoms with Crippen LogP contribution in [0.5, 0.6) is 5.75 Å². The average Bonchev–Trinajstić information content (AvgIpc) is 3.24. The number of benzene rings is 2. The summed E-state index contributed by atoms with van der Waals surface area (Å²) in [5.41, 5.74) is -0.110. The summed E-state index contributed by atoms with van der Waals surface area (Å²) >= 11 is 7.51. The molecule has 31 heavy (non-hydrogen) atoms. The first-order valence-electron chi connectivity index (χ1n) is 8.70. The molecule has 0 spiro atoms. The first-order chi connectivity index (χ1) is 14.8. The minimum absolute atomic E-state index is 0.0176. The molecular formula is C20H13ClF3N3O2S2. The second-order valence-electron chi connectivity index (χ2n) is 6.30. The van der Waals surface area contributed by atoms with Crippen molar-refractivity contribution in [3.63, 3.8) is 0 Å². The summed E-state index contributed by atoms with van der Waals surface area (Å²) in [4.78, 5) is 8.84. The molecule has 1 atom stereocenters. The van der Waals surface area contributed by atoms with Crippen LogP contribution in [0.2, 0.25) is 5.15 Å². The molecule has 4 aromatic rings. The van der Waals surface area contributed by atoms with Gasteiger partial charge in [0.25, 0.3) is 0 Å². The average molecular weight is 484 g/mol. The van der Waals surface area contributed by atoms with Gasteiger partial charge in [0, 0.05) is 22.5 Å².